The van der Waals surface area contributed by atoms with Crippen molar-refractivity contribution in [2.24, 2.45) is 0 Å². The Kier molecular flexibility index (Phi) is 4.50. The van der Waals surface area contributed by atoms with Crippen LogP contribution in [0.15, 0.2) is 36.4 Å². The van der Waals surface area contributed by atoms with Crippen molar-refractivity contribution in [2.75, 3.05) is 5.32 Å². The highest BCUT2D eigenvalue weighted by atomic mass is 16.4. The van der Waals surface area contributed by atoms with Crippen molar-refractivity contribution in [1.82, 2.24) is 0 Å². The van der Waals surface area contributed by atoms with Crippen LogP contribution >= 0.6 is 0 Å². The molecule has 0 aromatic heterocycles. The molecule has 0 aliphatic heterocycles. The minimum Gasteiger partial charge on any atom is -0.506 e. The third kappa shape index (κ3) is 3.48. The molecule has 1 amide bonds. The molecule has 0 aliphatic rings. The van der Waals surface area contributed by atoms with Crippen molar-refractivity contribution in [3.63, 3.8) is 0 Å². The molecule has 6 nitrogen and oxygen atoms in total. The Hall–Kier alpha value is -3.02. The van der Waals surface area contributed by atoms with E-state index >= 15 is 0 Å². The van der Waals surface area contributed by atoms with Crippen LogP contribution in [0.5, 0.6) is 11.5 Å². The number of nitrogens with one attached hydrogen (secondary N) is 1. The molecule has 126 valence electrons. The molecular weight excluding hydrogens is 310 g/mol. The molecule has 0 spiro atoms. The monoisotopic (exact) mass is 329 g/mol. The van der Waals surface area contributed by atoms with Crippen molar-refractivity contribution in [1.29, 1.82) is 0 Å². The van der Waals surface area contributed by atoms with Crippen LogP contribution in [0.25, 0.3) is 0 Å². The number of benzene rings is 2. The van der Waals surface area contributed by atoms with E-state index in [4.69, 9.17) is 5.11 Å². The molecule has 2 aromatic rings. The summed E-state index contributed by atoms with van der Waals surface area (Å²) in [6, 6.07) is 8.47. The highest BCUT2D eigenvalue weighted by Gasteiger charge is 2.23. The van der Waals surface area contributed by atoms with Gasteiger partial charge in [0.25, 0.3) is 5.91 Å². The fraction of sp³-hybridized carbons (Fsp3) is 0.222. The Bertz CT molecular complexity index is 806. The number of carbonyl (C=O) groups is 2. The fourth-order valence-electron chi connectivity index (χ4n) is 2.29. The summed E-state index contributed by atoms with van der Waals surface area (Å²) in [4.78, 5) is 23.3. The number of aromatic carboxylic acids is 1. The third-order valence-corrected chi connectivity index (χ3v) is 3.57. The minimum atomic E-state index is -1.15. The normalized spacial score (nSPS) is 11.1. The van der Waals surface area contributed by atoms with Crippen molar-refractivity contribution < 1.29 is 24.9 Å². The molecule has 2 aromatic carbocycles. The van der Waals surface area contributed by atoms with Crippen LogP contribution < -0.4 is 5.32 Å². The molecular formula is C18H19NO5. The maximum absolute atomic E-state index is 12.3. The first kappa shape index (κ1) is 17.3. The van der Waals surface area contributed by atoms with Gasteiger partial charge in [0.1, 0.15) is 17.2 Å². The zero-order valence-electron chi connectivity index (χ0n) is 13.6. The summed E-state index contributed by atoms with van der Waals surface area (Å²) in [5.41, 5.74) is 0.151. The number of rotatable bonds is 3. The van der Waals surface area contributed by atoms with E-state index in [2.05, 4.69) is 5.32 Å². The number of carboxylic acids is 1. The zero-order chi connectivity index (χ0) is 18.1. The predicted octanol–water partition coefficient (Wildman–Crippen LogP) is 3.35. The molecule has 24 heavy (non-hydrogen) atoms. The highest BCUT2D eigenvalue weighted by molar-refractivity contribution is 6.07. The second-order valence-electron chi connectivity index (χ2n) is 6.45. The average molecular weight is 329 g/mol. The van der Waals surface area contributed by atoms with Gasteiger partial charge in [0.2, 0.25) is 0 Å². The summed E-state index contributed by atoms with van der Waals surface area (Å²) < 4.78 is 0. The predicted molar refractivity (Wildman–Crippen MR) is 89.8 cm³/mol. The van der Waals surface area contributed by atoms with Crippen LogP contribution in [0, 0.1) is 0 Å². The molecule has 0 bridgehead atoms. The minimum absolute atomic E-state index is 0.0282. The highest BCUT2D eigenvalue weighted by Crippen LogP contribution is 2.41. The van der Waals surface area contributed by atoms with Crippen LogP contribution in [-0.4, -0.2) is 27.2 Å². The number of amides is 1. The summed E-state index contributed by atoms with van der Waals surface area (Å²) in [7, 11) is 0. The van der Waals surface area contributed by atoms with Gasteiger partial charge in [-0.1, -0.05) is 32.9 Å². The standard InChI is InChI=1S/C18H19NO5/c1-18(2,3)12-7-8-13(20)14(15(12)21)19-16(22)10-5-4-6-11(9-10)17(23)24/h4-9,20-21H,1-3H3,(H,19,22)(H,23,24). The Morgan fingerprint density at radius 3 is 2.21 bits per heavy atom. The molecule has 4 N–H and O–H groups in total. The van der Waals surface area contributed by atoms with Gasteiger partial charge >= 0.3 is 5.97 Å². The van der Waals surface area contributed by atoms with E-state index in [1.165, 1.54) is 30.3 Å². The third-order valence-electron chi connectivity index (χ3n) is 3.57. The SMILES string of the molecule is CC(C)(C)c1ccc(O)c(NC(=O)c2cccc(C(=O)O)c2)c1O. The second-order valence-corrected chi connectivity index (χ2v) is 6.45. The van der Waals surface area contributed by atoms with Crippen molar-refractivity contribution in [3.05, 3.63) is 53.1 Å². The second kappa shape index (κ2) is 6.23. The molecule has 0 atom stereocenters. The summed E-state index contributed by atoms with van der Waals surface area (Å²) >= 11 is 0. The molecule has 0 heterocycles. The van der Waals surface area contributed by atoms with Gasteiger partial charge in [0, 0.05) is 11.1 Å². The molecule has 6 heteroatoms. The molecule has 0 unspecified atom stereocenters. The molecule has 2 rings (SSSR count). The maximum Gasteiger partial charge on any atom is 0.335 e. The largest absolute Gasteiger partial charge is 0.506 e. The molecule has 0 fully saturated rings. The molecule has 0 aliphatic carbocycles. The van der Waals surface area contributed by atoms with E-state index in [1.54, 1.807) is 6.07 Å². The lowest BCUT2D eigenvalue weighted by atomic mass is 9.86. The number of carbonyl (C=O) groups excluding carboxylic acids is 1. The fourth-order valence-corrected chi connectivity index (χ4v) is 2.29. The van der Waals surface area contributed by atoms with E-state index in [0.717, 1.165) is 0 Å². The Morgan fingerprint density at radius 2 is 1.62 bits per heavy atom. The lowest BCUT2D eigenvalue weighted by Crippen LogP contribution is -2.16. The smallest absolute Gasteiger partial charge is 0.335 e. The van der Waals surface area contributed by atoms with Gasteiger partial charge in [-0.05, 0) is 29.7 Å². The first-order valence-electron chi connectivity index (χ1n) is 7.31. The van der Waals surface area contributed by atoms with E-state index in [9.17, 15) is 19.8 Å². The van der Waals surface area contributed by atoms with E-state index < -0.39 is 11.9 Å². The lowest BCUT2D eigenvalue weighted by Gasteiger charge is -2.22. The average Bonchev–Trinajstić information content (AvgIpc) is 2.49. The number of hydrogen-bond donors (Lipinski definition) is 4. The Labute approximate surface area is 139 Å². The van der Waals surface area contributed by atoms with Gasteiger partial charge in [-0.15, -0.1) is 0 Å². The lowest BCUT2D eigenvalue weighted by molar-refractivity contribution is 0.0697. The van der Waals surface area contributed by atoms with Gasteiger partial charge in [-0.3, -0.25) is 4.79 Å². The van der Waals surface area contributed by atoms with Crippen LogP contribution in [-0.2, 0) is 5.41 Å². The van der Waals surface area contributed by atoms with Crippen molar-refractivity contribution >= 4 is 17.6 Å². The van der Waals surface area contributed by atoms with E-state index in [-0.39, 0.29) is 33.7 Å². The maximum atomic E-state index is 12.3. The summed E-state index contributed by atoms with van der Waals surface area (Å²) in [6.45, 7) is 5.67. The van der Waals surface area contributed by atoms with Crippen LogP contribution in [0.3, 0.4) is 0 Å². The summed E-state index contributed by atoms with van der Waals surface area (Å²) in [5, 5.41) is 31.8. The van der Waals surface area contributed by atoms with Gasteiger partial charge < -0.3 is 20.6 Å². The molecule has 0 saturated carbocycles. The van der Waals surface area contributed by atoms with Crippen LogP contribution in [0.2, 0.25) is 0 Å². The van der Waals surface area contributed by atoms with Gasteiger partial charge in [-0.2, -0.15) is 0 Å². The van der Waals surface area contributed by atoms with E-state index in [1.807, 2.05) is 20.8 Å². The summed E-state index contributed by atoms with van der Waals surface area (Å²) in [6.07, 6.45) is 0. The number of anilines is 1. The zero-order valence-corrected chi connectivity index (χ0v) is 13.6. The first-order valence-corrected chi connectivity index (χ1v) is 7.31. The van der Waals surface area contributed by atoms with Gasteiger partial charge in [0.15, 0.2) is 0 Å². The number of phenols is 2. The number of aromatic hydroxyl groups is 2. The van der Waals surface area contributed by atoms with Crippen molar-refractivity contribution in [2.45, 2.75) is 26.2 Å². The Morgan fingerprint density at radius 1 is 1.00 bits per heavy atom. The van der Waals surface area contributed by atoms with Gasteiger partial charge in [0.05, 0.1) is 5.56 Å². The molecule has 0 saturated heterocycles. The molecule has 0 radical (unpaired) electrons. The van der Waals surface area contributed by atoms with Crippen LogP contribution in [0.4, 0.5) is 5.69 Å². The Balaban J connectivity index is 2.39. The summed E-state index contributed by atoms with van der Waals surface area (Å²) in [5.74, 6) is -2.27. The van der Waals surface area contributed by atoms with Gasteiger partial charge in [-0.25, -0.2) is 4.79 Å². The van der Waals surface area contributed by atoms with E-state index in [0.29, 0.717) is 5.56 Å². The number of phenolic OH excluding ortho intramolecular Hbond substituents is 2. The van der Waals surface area contributed by atoms with Crippen molar-refractivity contribution in [3.8, 4) is 11.5 Å². The first-order chi connectivity index (χ1) is 11.1. The quantitative estimate of drug-likeness (QED) is 0.646. The number of hydrogen-bond acceptors (Lipinski definition) is 4. The van der Waals surface area contributed by atoms with Crippen LogP contribution in [0.1, 0.15) is 47.1 Å². The topological polar surface area (TPSA) is 107 Å². The number of carboxylic acid groups (broad SMARTS) is 1.